The zero-order valence-electron chi connectivity index (χ0n) is 21.1. The Kier molecular flexibility index (Phi) is 10.3. The summed E-state index contributed by atoms with van der Waals surface area (Å²) in [6.07, 6.45) is 8.88. The second kappa shape index (κ2) is 13.7. The summed E-state index contributed by atoms with van der Waals surface area (Å²) in [6.45, 7) is 8.45. The molecule has 4 nitrogen and oxygen atoms in total. The minimum Gasteiger partial charge on any atom is -0.358 e. The van der Waals surface area contributed by atoms with E-state index >= 15 is 0 Å². The fourth-order valence-electron chi connectivity index (χ4n) is 4.81. The molecule has 1 fully saturated rings. The van der Waals surface area contributed by atoms with Gasteiger partial charge in [0, 0.05) is 23.6 Å². The quantitative estimate of drug-likeness (QED) is 0.186. The predicted molar refractivity (Wildman–Crippen MR) is 148 cm³/mol. The molecule has 3 N–H and O–H groups in total. The first-order chi connectivity index (χ1) is 16.6. The smallest absolute Gasteiger partial charge is 0.107 e. The molecule has 1 aliphatic carbocycles. The molecule has 180 valence electrons. The maximum Gasteiger partial charge on any atom is 0.107 e. The summed E-state index contributed by atoms with van der Waals surface area (Å²) in [5, 5.41) is 14.7. The fourth-order valence-corrected chi connectivity index (χ4v) is 4.81. The highest BCUT2D eigenvalue weighted by atomic mass is 15.0. The maximum atomic E-state index is 7.35. The van der Waals surface area contributed by atoms with Crippen LogP contribution in [0.5, 0.6) is 0 Å². The van der Waals surface area contributed by atoms with E-state index in [4.69, 9.17) is 5.41 Å². The molecule has 0 radical (unpaired) electrons. The monoisotopic (exact) mass is 456 g/mol. The number of benzene rings is 2. The molecule has 0 aromatic heterocycles. The number of aliphatic imine (C=N–C) groups is 1. The number of hydrogen-bond acceptors (Lipinski definition) is 3. The van der Waals surface area contributed by atoms with E-state index in [9.17, 15) is 0 Å². The molecule has 0 aliphatic heterocycles. The molecule has 0 atom stereocenters. The first kappa shape index (κ1) is 25.6. The van der Waals surface area contributed by atoms with Crippen LogP contribution in [0.25, 0.3) is 5.57 Å². The second-order valence-corrected chi connectivity index (χ2v) is 9.07. The Bertz CT molecular complexity index is 1030. The van der Waals surface area contributed by atoms with Gasteiger partial charge in [0.15, 0.2) is 0 Å². The van der Waals surface area contributed by atoms with Crippen molar-refractivity contribution in [2.45, 2.75) is 65.7 Å². The SMILES string of the molecule is CC/C(=C(\CNCCC/C(C)=C1\CCCCC1=NC=N)Nc1ccccc1)c1ccccc1C. The number of allylic oxidation sites excluding steroid dienone is 3. The minimum absolute atomic E-state index is 0.808. The molecule has 4 heteroatoms. The van der Waals surface area contributed by atoms with Gasteiger partial charge >= 0.3 is 0 Å². The minimum atomic E-state index is 0.808. The normalized spacial score (nSPS) is 17.3. The second-order valence-electron chi connectivity index (χ2n) is 9.07. The summed E-state index contributed by atoms with van der Waals surface area (Å²) in [6, 6.07) is 19.1. The van der Waals surface area contributed by atoms with Gasteiger partial charge in [0.2, 0.25) is 0 Å². The summed E-state index contributed by atoms with van der Waals surface area (Å²) in [5.74, 6) is 0. The van der Waals surface area contributed by atoms with Crippen molar-refractivity contribution in [2.75, 3.05) is 18.4 Å². The van der Waals surface area contributed by atoms with Crippen LogP contribution >= 0.6 is 0 Å². The molecule has 1 aliphatic rings. The third-order valence-electron chi connectivity index (χ3n) is 6.64. The lowest BCUT2D eigenvalue weighted by molar-refractivity contribution is 0.670. The van der Waals surface area contributed by atoms with E-state index < -0.39 is 0 Å². The molecule has 2 aromatic rings. The van der Waals surface area contributed by atoms with E-state index in [1.54, 1.807) is 0 Å². The number of para-hydroxylation sites is 1. The van der Waals surface area contributed by atoms with Crippen LogP contribution in [0.15, 0.2) is 76.4 Å². The zero-order chi connectivity index (χ0) is 24.2. The van der Waals surface area contributed by atoms with Crippen molar-refractivity contribution < 1.29 is 0 Å². The van der Waals surface area contributed by atoms with Gasteiger partial charge in [0.05, 0.1) is 0 Å². The predicted octanol–water partition coefficient (Wildman–Crippen LogP) is 7.54. The van der Waals surface area contributed by atoms with E-state index in [2.05, 4.69) is 91.0 Å². The molecule has 1 saturated carbocycles. The standard InChI is InChI=1S/C30H40N4/c1-4-26(27-17-9-8-13-23(27)2)30(34-25-15-6-5-7-16-25)21-32-20-12-14-24(3)28-18-10-11-19-29(28)33-22-31/h5-9,13,15-17,22,31-32,34H,4,10-12,14,18-21H2,1-3H3/b28-24+,30-26-,31-22?,33-29?. The van der Waals surface area contributed by atoms with Crippen LogP contribution in [-0.2, 0) is 0 Å². The molecule has 2 aromatic carbocycles. The van der Waals surface area contributed by atoms with Gasteiger partial charge in [-0.3, -0.25) is 5.41 Å². The highest BCUT2D eigenvalue weighted by molar-refractivity contribution is 6.04. The van der Waals surface area contributed by atoms with Crippen LogP contribution in [0.2, 0.25) is 0 Å². The summed E-state index contributed by atoms with van der Waals surface area (Å²) in [5.41, 5.74) is 10.3. The van der Waals surface area contributed by atoms with Crippen LogP contribution in [-0.4, -0.2) is 25.1 Å². The van der Waals surface area contributed by atoms with Crippen molar-refractivity contribution in [1.29, 1.82) is 5.41 Å². The Morgan fingerprint density at radius 3 is 2.50 bits per heavy atom. The summed E-state index contributed by atoms with van der Waals surface area (Å²) in [4.78, 5) is 4.33. The number of hydrogen-bond donors (Lipinski definition) is 3. The first-order valence-electron chi connectivity index (χ1n) is 12.7. The van der Waals surface area contributed by atoms with E-state index in [1.807, 2.05) is 0 Å². The average molecular weight is 457 g/mol. The number of nitrogens with zero attached hydrogens (tertiary/aromatic N) is 1. The number of rotatable bonds is 11. The van der Waals surface area contributed by atoms with Crippen molar-refractivity contribution in [3.05, 3.63) is 82.6 Å². The lowest BCUT2D eigenvalue weighted by Crippen LogP contribution is -2.23. The third kappa shape index (κ3) is 7.26. The third-order valence-corrected chi connectivity index (χ3v) is 6.64. The fraction of sp³-hybridized carbons (Fsp3) is 0.400. The Morgan fingerprint density at radius 1 is 1.03 bits per heavy atom. The van der Waals surface area contributed by atoms with Gasteiger partial charge in [-0.25, -0.2) is 4.99 Å². The molecule has 0 heterocycles. The Labute approximate surface area is 205 Å². The molecule has 0 saturated heterocycles. The van der Waals surface area contributed by atoms with Gasteiger partial charge in [0.25, 0.3) is 0 Å². The van der Waals surface area contributed by atoms with Crippen LogP contribution in [0.1, 0.15) is 69.9 Å². The molecule has 0 amide bonds. The van der Waals surface area contributed by atoms with E-state index in [0.29, 0.717) is 0 Å². The summed E-state index contributed by atoms with van der Waals surface area (Å²) in [7, 11) is 0. The van der Waals surface area contributed by atoms with Crippen LogP contribution in [0.4, 0.5) is 5.69 Å². The van der Waals surface area contributed by atoms with E-state index in [-0.39, 0.29) is 0 Å². The zero-order valence-corrected chi connectivity index (χ0v) is 21.1. The molecule has 0 bridgehead atoms. The van der Waals surface area contributed by atoms with Crippen molar-refractivity contribution in [3.8, 4) is 0 Å². The van der Waals surface area contributed by atoms with Crippen molar-refractivity contribution in [2.24, 2.45) is 4.99 Å². The highest BCUT2D eigenvalue weighted by Gasteiger charge is 2.15. The molecule has 0 spiro atoms. The lowest BCUT2D eigenvalue weighted by Gasteiger charge is -2.20. The van der Waals surface area contributed by atoms with Crippen LogP contribution in [0, 0.1) is 12.3 Å². The average Bonchev–Trinajstić information content (AvgIpc) is 2.86. The number of anilines is 1. The van der Waals surface area contributed by atoms with Gasteiger partial charge in [-0.15, -0.1) is 0 Å². The molecule has 3 rings (SSSR count). The topological polar surface area (TPSA) is 60.3 Å². The maximum absolute atomic E-state index is 7.35. The van der Waals surface area contributed by atoms with Gasteiger partial charge in [-0.1, -0.05) is 55.0 Å². The van der Waals surface area contributed by atoms with E-state index in [0.717, 1.165) is 56.6 Å². The summed E-state index contributed by atoms with van der Waals surface area (Å²) < 4.78 is 0. The highest BCUT2D eigenvalue weighted by Crippen LogP contribution is 2.27. The Balaban J connectivity index is 1.68. The molecular formula is C30H40N4. The van der Waals surface area contributed by atoms with Crippen LogP contribution in [0.3, 0.4) is 0 Å². The lowest BCUT2D eigenvalue weighted by atomic mass is 9.88. The molecule has 34 heavy (non-hydrogen) atoms. The molecular weight excluding hydrogens is 416 g/mol. The van der Waals surface area contributed by atoms with E-state index in [1.165, 1.54) is 52.7 Å². The number of nitrogens with one attached hydrogen (secondary N) is 3. The Hall–Kier alpha value is -2.98. The first-order valence-corrected chi connectivity index (χ1v) is 12.7. The van der Waals surface area contributed by atoms with Gasteiger partial charge in [0.1, 0.15) is 6.34 Å². The largest absolute Gasteiger partial charge is 0.358 e. The van der Waals surface area contributed by atoms with Gasteiger partial charge in [-0.2, -0.15) is 0 Å². The van der Waals surface area contributed by atoms with Gasteiger partial charge in [-0.05, 0) is 99.7 Å². The van der Waals surface area contributed by atoms with Gasteiger partial charge < -0.3 is 10.6 Å². The van der Waals surface area contributed by atoms with Crippen molar-refractivity contribution in [1.82, 2.24) is 5.32 Å². The van der Waals surface area contributed by atoms with Crippen molar-refractivity contribution in [3.63, 3.8) is 0 Å². The molecule has 0 unspecified atom stereocenters. The van der Waals surface area contributed by atoms with Crippen LogP contribution < -0.4 is 10.6 Å². The van der Waals surface area contributed by atoms with Crippen molar-refractivity contribution >= 4 is 23.3 Å². The summed E-state index contributed by atoms with van der Waals surface area (Å²) >= 11 is 0. The number of aryl methyl sites for hydroxylation is 1. The Morgan fingerprint density at radius 2 is 1.76 bits per heavy atom.